The molecule has 1 fully saturated rings. The first-order chi connectivity index (χ1) is 10.4. The van der Waals surface area contributed by atoms with E-state index in [4.69, 9.17) is 20.9 Å². The summed E-state index contributed by atoms with van der Waals surface area (Å²) in [4.78, 5) is 0. The van der Waals surface area contributed by atoms with Gasteiger partial charge in [-0.2, -0.15) is 8.78 Å². The van der Waals surface area contributed by atoms with Crippen molar-refractivity contribution in [3.05, 3.63) is 23.2 Å². The van der Waals surface area contributed by atoms with E-state index >= 15 is 0 Å². The molecule has 0 amide bonds. The summed E-state index contributed by atoms with van der Waals surface area (Å²) < 4.78 is 61.0. The summed E-state index contributed by atoms with van der Waals surface area (Å²) in [5, 5.41) is -0.00510. The smallest absolute Gasteiger partial charge is 0.399 e. The quantitative estimate of drug-likeness (QED) is 0.831. The predicted molar refractivity (Wildman–Crippen MR) is 85.7 cm³/mol. The van der Waals surface area contributed by atoms with Gasteiger partial charge in [0, 0.05) is 0 Å². The van der Waals surface area contributed by atoms with Crippen LogP contribution in [-0.4, -0.2) is 32.5 Å². The number of nitrogens with one attached hydrogen (secondary N) is 1. The number of sulfonamides is 1. The van der Waals surface area contributed by atoms with Gasteiger partial charge in [-0.1, -0.05) is 17.7 Å². The van der Waals surface area contributed by atoms with Crippen LogP contribution in [0.25, 0.3) is 0 Å². The SMILES string of the molecule is CC1(C)OB(c2ccc(Cl)c(NS(=O)(=O)C(F)F)c2)OC1(C)C. The predicted octanol–water partition coefficient (Wildman–Crippen LogP) is 2.60. The average molecular weight is 368 g/mol. The van der Waals surface area contributed by atoms with Crippen LogP contribution in [0.15, 0.2) is 18.2 Å². The van der Waals surface area contributed by atoms with Crippen molar-refractivity contribution < 1.29 is 26.5 Å². The Morgan fingerprint density at radius 3 is 2.17 bits per heavy atom. The van der Waals surface area contributed by atoms with Crippen LogP contribution in [0, 0.1) is 0 Å². The fraction of sp³-hybridized carbons (Fsp3) is 0.538. The second kappa shape index (κ2) is 5.88. The van der Waals surface area contributed by atoms with Crippen molar-refractivity contribution >= 4 is 39.9 Å². The Balaban J connectivity index is 2.32. The van der Waals surface area contributed by atoms with Gasteiger partial charge >= 0.3 is 12.9 Å². The van der Waals surface area contributed by atoms with E-state index in [0.29, 0.717) is 5.46 Å². The zero-order chi connectivity index (χ0) is 17.6. The summed E-state index contributed by atoms with van der Waals surface area (Å²) in [7, 11) is -5.57. The number of hydrogen-bond acceptors (Lipinski definition) is 4. The van der Waals surface area contributed by atoms with Crippen LogP contribution in [0.3, 0.4) is 0 Å². The van der Waals surface area contributed by atoms with Crippen LogP contribution < -0.4 is 10.2 Å². The van der Waals surface area contributed by atoms with Gasteiger partial charge in [0.1, 0.15) is 0 Å². The highest BCUT2D eigenvalue weighted by Crippen LogP contribution is 2.37. The largest absolute Gasteiger partial charge is 0.494 e. The third-order valence-corrected chi connectivity index (χ3v) is 5.31. The van der Waals surface area contributed by atoms with Gasteiger partial charge in [0.2, 0.25) is 0 Å². The number of alkyl halides is 2. The minimum atomic E-state index is -4.81. The molecule has 1 N–H and O–H groups in total. The fourth-order valence-corrected chi connectivity index (χ4v) is 2.73. The van der Waals surface area contributed by atoms with Crippen molar-refractivity contribution in [3.8, 4) is 0 Å². The number of hydrogen-bond donors (Lipinski definition) is 1. The lowest BCUT2D eigenvalue weighted by Gasteiger charge is -2.32. The monoisotopic (exact) mass is 367 g/mol. The van der Waals surface area contributed by atoms with Gasteiger partial charge < -0.3 is 9.31 Å². The molecule has 0 aromatic heterocycles. The molecule has 5 nitrogen and oxygen atoms in total. The molecular formula is C13H17BClF2NO4S. The topological polar surface area (TPSA) is 64.6 Å². The Kier molecular flexibility index (Phi) is 4.71. The first kappa shape index (κ1) is 18.4. The molecule has 0 aliphatic carbocycles. The first-order valence-corrected chi connectivity index (χ1v) is 8.73. The minimum absolute atomic E-state index is 0.00510. The Bertz CT molecular complexity index is 696. The third kappa shape index (κ3) is 3.62. The molecule has 23 heavy (non-hydrogen) atoms. The zero-order valence-electron chi connectivity index (χ0n) is 13.1. The summed E-state index contributed by atoms with van der Waals surface area (Å²) in [5.74, 6) is -3.56. The van der Waals surface area contributed by atoms with Crippen molar-refractivity contribution in [2.24, 2.45) is 0 Å². The van der Waals surface area contributed by atoms with E-state index in [1.807, 2.05) is 27.7 Å². The minimum Gasteiger partial charge on any atom is -0.399 e. The molecule has 1 aromatic carbocycles. The van der Waals surface area contributed by atoms with Crippen molar-refractivity contribution in [2.45, 2.75) is 44.7 Å². The summed E-state index contributed by atoms with van der Waals surface area (Å²) >= 11 is 5.87. The normalized spacial score (nSPS) is 20.1. The van der Waals surface area contributed by atoms with E-state index in [1.54, 1.807) is 10.8 Å². The second-order valence-corrected chi connectivity index (χ2v) is 8.29. The highest BCUT2D eigenvalue weighted by molar-refractivity contribution is 7.93. The van der Waals surface area contributed by atoms with Gasteiger partial charge in [-0.15, -0.1) is 0 Å². The summed E-state index contributed by atoms with van der Waals surface area (Å²) in [6, 6.07) is 4.31. The molecule has 1 saturated heterocycles. The van der Waals surface area contributed by atoms with Crippen LogP contribution in [0.2, 0.25) is 5.02 Å². The van der Waals surface area contributed by atoms with E-state index in [2.05, 4.69) is 0 Å². The van der Waals surface area contributed by atoms with Gasteiger partial charge in [0.15, 0.2) is 0 Å². The molecule has 1 aliphatic rings. The lowest BCUT2D eigenvalue weighted by molar-refractivity contribution is 0.00578. The number of benzene rings is 1. The van der Waals surface area contributed by atoms with Crippen molar-refractivity contribution in [1.29, 1.82) is 0 Å². The molecular weight excluding hydrogens is 350 g/mol. The lowest BCUT2D eigenvalue weighted by Crippen LogP contribution is -2.41. The first-order valence-electron chi connectivity index (χ1n) is 6.80. The Morgan fingerprint density at radius 1 is 1.17 bits per heavy atom. The third-order valence-electron chi connectivity index (χ3n) is 4.00. The summed E-state index contributed by atoms with van der Waals surface area (Å²) in [6.07, 6.45) is 0. The van der Waals surface area contributed by atoms with Crippen LogP contribution >= 0.6 is 11.6 Å². The maximum Gasteiger partial charge on any atom is 0.494 e. The molecule has 0 bridgehead atoms. The molecule has 0 saturated carbocycles. The van der Waals surface area contributed by atoms with Gasteiger partial charge in [-0.3, -0.25) is 4.72 Å². The molecule has 1 heterocycles. The van der Waals surface area contributed by atoms with E-state index in [1.165, 1.54) is 12.1 Å². The molecule has 0 radical (unpaired) electrons. The van der Waals surface area contributed by atoms with Crippen molar-refractivity contribution in [2.75, 3.05) is 4.72 Å². The molecule has 0 atom stereocenters. The van der Waals surface area contributed by atoms with Crippen LogP contribution in [0.1, 0.15) is 27.7 Å². The lowest BCUT2D eigenvalue weighted by atomic mass is 9.79. The summed E-state index contributed by atoms with van der Waals surface area (Å²) in [6.45, 7) is 7.46. The van der Waals surface area contributed by atoms with Crippen molar-refractivity contribution in [1.82, 2.24) is 0 Å². The molecule has 1 aromatic rings. The average Bonchev–Trinajstić information content (AvgIpc) is 2.60. The van der Waals surface area contributed by atoms with E-state index < -0.39 is 34.1 Å². The Hall–Kier alpha value is -0.895. The van der Waals surface area contributed by atoms with Crippen LogP contribution in [0.4, 0.5) is 14.5 Å². The molecule has 1 aliphatic heterocycles. The van der Waals surface area contributed by atoms with Gasteiger partial charge in [0.25, 0.3) is 10.0 Å². The number of anilines is 1. The fourth-order valence-electron chi connectivity index (χ4n) is 1.94. The van der Waals surface area contributed by atoms with Gasteiger partial charge in [-0.05, 0) is 45.3 Å². The highest BCUT2D eigenvalue weighted by atomic mass is 35.5. The number of rotatable bonds is 4. The molecule has 2 rings (SSSR count). The standard InChI is InChI=1S/C13H17BClF2NO4S/c1-12(2)13(3,4)22-14(21-12)8-5-6-9(15)10(7-8)18-23(19,20)11(16)17/h5-7,11,18H,1-4H3. The van der Waals surface area contributed by atoms with Gasteiger partial charge in [-0.25, -0.2) is 8.42 Å². The molecule has 128 valence electrons. The number of halogens is 3. The van der Waals surface area contributed by atoms with E-state index in [0.717, 1.165) is 0 Å². The Morgan fingerprint density at radius 2 is 1.70 bits per heavy atom. The van der Waals surface area contributed by atoms with Crippen LogP contribution in [-0.2, 0) is 19.3 Å². The molecule has 0 spiro atoms. The van der Waals surface area contributed by atoms with E-state index in [-0.39, 0.29) is 10.7 Å². The van der Waals surface area contributed by atoms with E-state index in [9.17, 15) is 17.2 Å². The maximum atomic E-state index is 12.5. The Labute approximate surface area is 139 Å². The van der Waals surface area contributed by atoms with Gasteiger partial charge in [0.05, 0.1) is 21.9 Å². The second-order valence-electron chi connectivity index (χ2n) is 6.24. The zero-order valence-corrected chi connectivity index (χ0v) is 14.6. The maximum absolute atomic E-state index is 12.5. The molecule has 0 unspecified atom stereocenters. The molecule has 10 heteroatoms. The van der Waals surface area contributed by atoms with Crippen LogP contribution in [0.5, 0.6) is 0 Å². The van der Waals surface area contributed by atoms with Crippen molar-refractivity contribution in [3.63, 3.8) is 0 Å². The highest BCUT2D eigenvalue weighted by Gasteiger charge is 2.51. The summed E-state index contributed by atoms with van der Waals surface area (Å²) in [5.41, 5.74) is -0.848.